The maximum absolute atomic E-state index is 12.9. The van der Waals surface area contributed by atoms with E-state index < -0.39 is 11.7 Å². The molecule has 4 aromatic rings. The Balaban J connectivity index is 1.26. The van der Waals surface area contributed by atoms with Crippen molar-refractivity contribution in [2.45, 2.75) is 38.9 Å². The number of nitrogens with one attached hydrogen (secondary N) is 1. The number of hydrogen-bond acceptors (Lipinski definition) is 6. The molecule has 1 aliphatic rings. The average molecular weight is 477 g/mol. The average Bonchev–Trinajstić information content (AvgIpc) is 3.65. The SMILES string of the molecule is Cc1nc(N=NCc2ccc(Nc3cccc(C(F)(F)F)c3)cn2)nc2c(CC3CC3)cccc12. The molecule has 1 saturated carbocycles. The Morgan fingerprint density at radius 3 is 2.57 bits per heavy atom. The molecule has 35 heavy (non-hydrogen) atoms. The maximum atomic E-state index is 12.9. The van der Waals surface area contributed by atoms with E-state index in [4.69, 9.17) is 0 Å². The molecule has 2 heterocycles. The molecule has 0 atom stereocenters. The van der Waals surface area contributed by atoms with Gasteiger partial charge in [-0.2, -0.15) is 18.3 Å². The highest BCUT2D eigenvalue weighted by Gasteiger charge is 2.30. The van der Waals surface area contributed by atoms with Gasteiger partial charge >= 0.3 is 6.18 Å². The van der Waals surface area contributed by atoms with Crippen LogP contribution in [0.3, 0.4) is 0 Å². The fourth-order valence-electron chi connectivity index (χ4n) is 3.90. The molecule has 0 radical (unpaired) electrons. The largest absolute Gasteiger partial charge is 0.416 e. The van der Waals surface area contributed by atoms with Gasteiger partial charge in [0.05, 0.1) is 34.4 Å². The lowest BCUT2D eigenvalue weighted by atomic mass is 10.0. The molecule has 0 aliphatic heterocycles. The van der Waals surface area contributed by atoms with E-state index in [1.165, 1.54) is 24.5 Å². The molecular formula is C26H23F3N6. The van der Waals surface area contributed by atoms with Crippen LogP contribution in [0.5, 0.6) is 0 Å². The highest BCUT2D eigenvalue weighted by molar-refractivity contribution is 5.84. The molecule has 2 aromatic heterocycles. The molecule has 1 fully saturated rings. The summed E-state index contributed by atoms with van der Waals surface area (Å²) in [4.78, 5) is 13.4. The first-order valence-electron chi connectivity index (χ1n) is 11.4. The Bertz CT molecular complexity index is 1380. The number of pyridine rings is 1. The van der Waals surface area contributed by atoms with Crippen LogP contribution >= 0.6 is 0 Å². The first-order valence-corrected chi connectivity index (χ1v) is 11.4. The van der Waals surface area contributed by atoms with Crippen LogP contribution in [0, 0.1) is 12.8 Å². The van der Waals surface area contributed by atoms with E-state index in [-0.39, 0.29) is 6.54 Å². The third-order valence-electron chi connectivity index (χ3n) is 5.89. The predicted molar refractivity (Wildman–Crippen MR) is 128 cm³/mol. The zero-order valence-corrected chi connectivity index (χ0v) is 19.0. The Morgan fingerprint density at radius 2 is 1.83 bits per heavy atom. The molecule has 178 valence electrons. The van der Waals surface area contributed by atoms with Crippen LogP contribution in [0.1, 0.15) is 35.4 Å². The predicted octanol–water partition coefficient (Wildman–Crippen LogP) is 7.33. The Labute approximate surface area is 200 Å². The number of halogens is 3. The van der Waals surface area contributed by atoms with Crippen molar-refractivity contribution < 1.29 is 13.2 Å². The highest BCUT2D eigenvalue weighted by Crippen LogP contribution is 2.35. The second-order valence-electron chi connectivity index (χ2n) is 8.71. The van der Waals surface area contributed by atoms with Gasteiger partial charge in [-0.25, -0.2) is 9.97 Å². The number of nitrogens with zero attached hydrogens (tertiary/aromatic N) is 5. The van der Waals surface area contributed by atoms with Crippen LogP contribution in [-0.2, 0) is 19.1 Å². The maximum Gasteiger partial charge on any atom is 0.416 e. The number of rotatable bonds is 7. The lowest BCUT2D eigenvalue weighted by molar-refractivity contribution is -0.137. The summed E-state index contributed by atoms with van der Waals surface area (Å²) in [5.74, 6) is 1.07. The third-order valence-corrected chi connectivity index (χ3v) is 5.89. The van der Waals surface area contributed by atoms with Gasteiger partial charge in [0.1, 0.15) is 6.54 Å². The van der Waals surface area contributed by atoms with Crippen LogP contribution in [-0.4, -0.2) is 15.0 Å². The van der Waals surface area contributed by atoms with Gasteiger partial charge in [-0.1, -0.05) is 24.3 Å². The minimum absolute atomic E-state index is 0.230. The normalized spacial score (nSPS) is 14.1. The van der Waals surface area contributed by atoms with Crippen molar-refractivity contribution >= 4 is 28.2 Å². The minimum atomic E-state index is -4.39. The molecule has 0 bridgehead atoms. The zero-order chi connectivity index (χ0) is 24.4. The number of aromatic nitrogens is 3. The summed E-state index contributed by atoms with van der Waals surface area (Å²) < 4.78 is 38.7. The number of benzene rings is 2. The number of alkyl halides is 3. The number of fused-ring (bicyclic) bond motifs is 1. The number of para-hydroxylation sites is 1. The number of aryl methyl sites for hydroxylation is 1. The van der Waals surface area contributed by atoms with Crippen LogP contribution in [0.15, 0.2) is 71.0 Å². The van der Waals surface area contributed by atoms with E-state index in [9.17, 15) is 13.2 Å². The quantitative estimate of drug-likeness (QED) is 0.283. The molecule has 0 spiro atoms. The monoisotopic (exact) mass is 476 g/mol. The summed E-state index contributed by atoms with van der Waals surface area (Å²) in [6, 6.07) is 14.7. The number of anilines is 2. The zero-order valence-electron chi connectivity index (χ0n) is 19.0. The van der Waals surface area contributed by atoms with Crippen molar-refractivity contribution in [3.05, 3.63) is 83.3 Å². The third kappa shape index (κ3) is 5.62. The second-order valence-corrected chi connectivity index (χ2v) is 8.71. The van der Waals surface area contributed by atoms with Gasteiger partial charge in [0.15, 0.2) is 0 Å². The standard InChI is InChI=1S/C26H23F3N6/c1-16-23-7-2-4-18(12-17-8-9-17)24(23)34-25(32-16)35-31-15-21-10-11-22(14-30-21)33-20-6-3-5-19(13-20)26(27,28)29/h2-7,10-11,13-14,17,33H,8-9,12,15H2,1H3. The topological polar surface area (TPSA) is 75.4 Å². The van der Waals surface area contributed by atoms with E-state index in [2.05, 4.69) is 42.6 Å². The van der Waals surface area contributed by atoms with Crippen LogP contribution in [0.4, 0.5) is 30.5 Å². The van der Waals surface area contributed by atoms with E-state index in [0.29, 0.717) is 23.0 Å². The molecule has 0 unspecified atom stereocenters. The van der Waals surface area contributed by atoms with Gasteiger partial charge < -0.3 is 5.32 Å². The molecule has 1 N–H and O–H groups in total. The molecule has 9 heteroatoms. The van der Waals surface area contributed by atoms with Crippen LogP contribution < -0.4 is 5.32 Å². The van der Waals surface area contributed by atoms with E-state index >= 15 is 0 Å². The van der Waals surface area contributed by atoms with Gasteiger partial charge in [-0.15, -0.1) is 5.11 Å². The highest BCUT2D eigenvalue weighted by atomic mass is 19.4. The van der Waals surface area contributed by atoms with Gasteiger partial charge in [0.2, 0.25) is 0 Å². The van der Waals surface area contributed by atoms with Gasteiger partial charge in [-0.05, 0) is 68.0 Å². The van der Waals surface area contributed by atoms with Crippen molar-refractivity contribution in [3.8, 4) is 0 Å². The lowest BCUT2D eigenvalue weighted by Gasteiger charge is -2.10. The number of azo groups is 1. The summed E-state index contributed by atoms with van der Waals surface area (Å²) in [6.45, 7) is 2.18. The summed E-state index contributed by atoms with van der Waals surface area (Å²) >= 11 is 0. The first kappa shape index (κ1) is 22.9. The Morgan fingerprint density at radius 1 is 1.00 bits per heavy atom. The van der Waals surface area contributed by atoms with Gasteiger partial charge in [0.25, 0.3) is 5.95 Å². The van der Waals surface area contributed by atoms with Gasteiger partial charge in [0, 0.05) is 11.1 Å². The van der Waals surface area contributed by atoms with Crippen molar-refractivity contribution in [1.82, 2.24) is 15.0 Å². The summed E-state index contributed by atoms with van der Waals surface area (Å²) in [7, 11) is 0. The van der Waals surface area contributed by atoms with Gasteiger partial charge in [-0.3, -0.25) is 4.98 Å². The van der Waals surface area contributed by atoms with Crippen molar-refractivity contribution in [2.75, 3.05) is 5.32 Å². The second kappa shape index (κ2) is 9.40. The van der Waals surface area contributed by atoms with Crippen molar-refractivity contribution in [3.63, 3.8) is 0 Å². The molecule has 2 aromatic carbocycles. The fraction of sp³-hybridized carbons (Fsp3) is 0.269. The molecule has 1 aliphatic carbocycles. The summed E-state index contributed by atoms with van der Waals surface area (Å²) in [6.07, 6.45) is 0.723. The van der Waals surface area contributed by atoms with E-state index in [0.717, 1.165) is 41.1 Å². The van der Waals surface area contributed by atoms with E-state index in [1.807, 2.05) is 13.0 Å². The molecule has 5 rings (SSSR count). The fourth-order valence-corrected chi connectivity index (χ4v) is 3.90. The van der Waals surface area contributed by atoms with Crippen LogP contribution in [0.25, 0.3) is 10.9 Å². The van der Waals surface area contributed by atoms with Crippen molar-refractivity contribution in [1.29, 1.82) is 0 Å². The van der Waals surface area contributed by atoms with Crippen LogP contribution in [0.2, 0.25) is 0 Å². The van der Waals surface area contributed by atoms with E-state index in [1.54, 1.807) is 24.4 Å². The summed E-state index contributed by atoms with van der Waals surface area (Å²) in [5.41, 5.74) is 3.88. The Kier molecular flexibility index (Phi) is 6.15. The molecule has 0 saturated heterocycles. The molecule has 0 amide bonds. The first-order chi connectivity index (χ1) is 16.8. The summed E-state index contributed by atoms with van der Waals surface area (Å²) in [5, 5.41) is 12.4. The smallest absolute Gasteiger partial charge is 0.354 e. The lowest BCUT2D eigenvalue weighted by Crippen LogP contribution is -2.05. The molecule has 6 nitrogen and oxygen atoms in total. The van der Waals surface area contributed by atoms with Crippen molar-refractivity contribution in [2.24, 2.45) is 16.1 Å². The molecular weight excluding hydrogens is 453 g/mol. The minimum Gasteiger partial charge on any atom is -0.354 e. The number of hydrogen-bond donors (Lipinski definition) is 1. The Hall–Kier alpha value is -3.88.